The number of alkyl halides is 2. The van der Waals surface area contributed by atoms with Crippen LogP contribution in [-0.4, -0.2) is 10.9 Å². The third-order valence-electron chi connectivity index (χ3n) is 3.56. The molecule has 0 atom stereocenters. The van der Waals surface area contributed by atoms with Crippen molar-refractivity contribution in [2.24, 2.45) is 0 Å². The Morgan fingerprint density at radius 2 is 2.00 bits per heavy atom. The molecule has 122 valence electrons. The number of benzene rings is 2. The standard InChI is InChI=1S/C18H13ClF2N2O/c19-14-3-1-2-11(6-14)7-17(24)23-16-10-22-9-13-8-12(18(20)21)4-5-15(13)16/h1-6,8-10,18H,7H2,(H,23,24). The van der Waals surface area contributed by atoms with Gasteiger partial charge in [-0.05, 0) is 23.8 Å². The normalized spacial score (nSPS) is 11.0. The number of carbonyl (C=O) groups excluding carboxylic acids is 1. The lowest BCUT2D eigenvalue weighted by molar-refractivity contribution is -0.115. The zero-order chi connectivity index (χ0) is 17.1. The summed E-state index contributed by atoms with van der Waals surface area (Å²) in [5, 5.41) is 4.54. The number of carbonyl (C=O) groups is 1. The molecule has 1 amide bonds. The largest absolute Gasteiger partial charge is 0.324 e. The van der Waals surface area contributed by atoms with Gasteiger partial charge >= 0.3 is 0 Å². The molecule has 1 N–H and O–H groups in total. The van der Waals surface area contributed by atoms with Crippen LogP contribution in [0.15, 0.2) is 54.9 Å². The highest BCUT2D eigenvalue weighted by Gasteiger charge is 2.11. The van der Waals surface area contributed by atoms with E-state index in [-0.39, 0.29) is 17.9 Å². The molecule has 0 saturated carbocycles. The number of aromatic nitrogens is 1. The predicted molar refractivity (Wildman–Crippen MR) is 90.5 cm³/mol. The predicted octanol–water partition coefficient (Wildman–Crippen LogP) is 5.01. The third-order valence-corrected chi connectivity index (χ3v) is 3.80. The van der Waals surface area contributed by atoms with Crippen molar-refractivity contribution in [3.63, 3.8) is 0 Å². The number of hydrogen-bond acceptors (Lipinski definition) is 2. The third kappa shape index (κ3) is 3.68. The van der Waals surface area contributed by atoms with E-state index in [1.807, 2.05) is 6.07 Å². The zero-order valence-corrected chi connectivity index (χ0v) is 13.2. The maximum Gasteiger partial charge on any atom is 0.263 e. The monoisotopic (exact) mass is 346 g/mol. The Labute approximate surface area is 142 Å². The van der Waals surface area contributed by atoms with Crippen LogP contribution < -0.4 is 5.32 Å². The minimum Gasteiger partial charge on any atom is -0.324 e. The molecule has 1 aromatic heterocycles. The number of halogens is 3. The molecule has 0 aliphatic heterocycles. The topological polar surface area (TPSA) is 42.0 Å². The van der Waals surface area contributed by atoms with E-state index < -0.39 is 6.43 Å². The molecule has 3 aromatic rings. The molecule has 0 aliphatic rings. The Morgan fingerprint density at radius 1 is 1.17 bits per heavy atom. The van der Waals surface area contributed by atoms with Gasteiger partial charge in [0.2, 0.25) is 5.91 Å². The zero-order valence-electron chi connectivity index (χ0n) is 12.5. The van der Waals surface area contributed by atoms with Gasteiger partial charge in [0.1, 0.15) is 0 Å². The first kappa shape index (κ1) is 16.3. The summed E-state index contributed by atoms with van der Waals surface area (Å²) in [6, 6.07) is 11.3. The molecule has 3 rings (SSSR count). The van der Waals surface area contributed by atoms with E-state index >= 15 is 0 Å². The number of anilines is 1. The average Bonchev–Trinajstić information content (AvgIpc) is 2.54. The molecular formula is C18H13ClF2N2O. The van der Waals surface area contributed by atoms with Crippen LogP contribution in [0, 0.1) is 0 Å². The molecule has 24 heavy (non-hydrogen) atoms. The first-order chi connectivity index (χ1) is 11.5. The summed E-state index contributed by atoms with van der Waals surface area (Å²) in [5.41, 5.74) is 1.19. The van der Waals surface area contributed by atoms with E-state index in [9.17, 15) is 13.6 Å². The maximum absolute atomic E-state index is 12.8. The minimum atomic E-state index is -2.55. The smallest absolute Gasteiger partial charge is 0.263 e. The molecule has 1 heterocycles. The molecular weight excluding hydrogens is 334 g/mol. The Hall–Kier alpha value is -2.53. The van der Waals surface area contributed by atoms with E-state index in [1.54, 1.807) is 24.3 Å². The number of rotatable bonds is 4. The summed E-state index contributed by atoms with van der Waals surface area (Å²) >= 11 is 5.90. The van der Waals surface area contributed by atoms with Crippen molar-refractivity contribution < 1.29 is 13.6 Å². The van der Waals surface area contributed by atoms with Crippen molar-refractivity contribution >= 4 is 34.0 Å². The highest BCUT2D eigenvalue weighted by Crippen LogP contribution is 2.27. The van der Waals surface area contributed by atoms with Gasteiger partial charge in [-0.2, -0.15) is 0 Å². The van der Waals surface area contributed by atoms with Crippen molar-refractivity contribution in [1.29, 1.82) is 0 Å². The van der Waals surface area contributed by atoms with Crippen molar-refractivity contribution in [2.45, 2.75) is 12.8 Å². The lowest BCUT2D eigenvalue weighted by Gasteiger charge is -2.09. The molecule has 0 spiro atoms. The van der Waals surface area contributed by atoms with E-state index in [1.165, 1.54) is 24.5 Å². The summed E-state index contributed by atoms with van der Waals surface area (Å²) in [4.78, 5) is 16.2. The van der Waals surface area contributed by atoms with Gasteiger partial charge in [-0.1, -0.05) is 35.9 Å². The van der Waals surface area contributed by atoms with Crippen LogP contribution in [0.3, 0.4) is 0 Å². The van der Waals surface area contributed by atoms with Gasteiger partial charge in [0, 0.05) is 27.6 Å². The number of nitrogens with zero attached hydrogens (tertiary/aromatic N) is 1. The molecule has 6 heteroatoms. The Balaban J connectivity index is 1.83. The number of amides is 1. The molecule has 0 aliphatic carbocycles. The SMILES string of the molecule is O=C(Cc1cccc(Cl)c1)Nc1cncc2cc(C(F)F)ccc12. The fourth-order valence-electron chi connectivity index (χ4n) is 2.46. The number of nitrogens with one attached hydrogen (secondary N) is 1. The van der Waals surface area contributed by atoms with E-state index in [0.29, 0.717) is 21.5 Å². The minimum absolute atomic E-state index is 0.0771. The lowest BCUT2D eigenvalue weighted by atomic mass is 10.1. The van der Waals surface area contributed by atoms with Gasteiger partial charge in [0.15, 0.2) is 0 Å². The van der Waals surface area contributed by atoms with Crippen molar-refractivity contribution in [3.8, 4) is 0 Å². The highest BCUT2D eigenvalue weighted by atomic mass is 35.5. The van der Waals surface area contributed by atoms with Gasteiger partial charge in [-0.25, -0.2) is 8.78 Å². The van der Waals surface area contributed by atoms with Crippen LogP contribution in [0.4, 0.5) is 14.5 Å². The first-order valence-corrected chi connectivity index (χ1v) is 7.61. The van der Waals surface area contributed by atoms with Gasteiger partial charge in [-0.3, -0.25) is 9.78 Å². The number of pyridine rings is 1. The molecule has 0 saturated heterocycles. The highest BCUT2D eigenvalue weighted by molar-refractivity contribution is 6.30. The lowest BCUT2D eigenvalue weighted by Crippen LogP contribution is -2.14. The maximum atomic E-state index is 12.8. The fourth-order valence-corrected chi connectivity index (χ4v) is 2.67. The summed E-state index contributed by atoms with van der Waals surface area (Å²) in [6.45, 7) is 0. The summed E-state index contributed by atoms with van der Waals surface area (Å²) < 4.78 is 25.6. The van der Waals surface area contributed by atoms with Gasteiger partial charge in [0.25, 0.3) is 6.43 Å². The second-order valence-electron chi connectivity index (χ2n) is 5.32. The van der Waals surface area contributed by atoms with Crippen LogP contribution >= 0.6 is 11.6 Å². The molecule has 0 radical (unpaired) electrons. The van der Waals surface area contributed by atoms with Crippen molar-refractivity contribution in [3.05, 3.63) is 71.0 Å². The van der Waals surface area contributed by atoms with Crippen LogP contribution in [0.1, 0.15) is 17.6 Å². The molecule has 0 bridgehead atoms. The Morgan fingerprint density at radius 3 is 2.75 bits per heavy atom. The number of fused-ring (bicyclic) bond motifs is 1. The van der Waals surface area contributed by atoms with Crippen molar-refractivity contribution in [1.82, 2.24) is 4.98 Å². The van der Waals surface area contributed by atoms with Gasteiger partial charge in [-0.15, -0.1) is 0 Å². The second kappa shape index (κ2) is 6.93. The van der Waals surface area contributed by atoms with E-state index in [0.717, 1.165) is 5.56 Å². The fraction of sp³-hybridized carbons (Fsp3) is 0.111. The van der Waals surface area contributed by atoms with Gasteiger partial charge in [0.05, 0.1) is 18.3 Å². The number of hydrogen-bond donors (Lipinski definition) is 1. The molecule has 2 aromatic carbocycles. The van der Waals surface area contributed by atoms with Crippen LogP contribution in [0.5, 0.6) is 0 Å². The Bertz CT molecular complexity index is 899. The first-order valence-electron chi connectivity index (χ1n) is 7.23. The van der Waals surface area contributed by atoms with Crippen LogP contribution in [-0.2, 0) is 11.2 Å². The summed E-state index contributed by atoms with van der Waals surface area (Å²) in [5.74, 6) is -0.232. The van der Waals surface area contributed by atoms with E-state index in [4.69, 9.17) is 11.6 Å². The summed E-state index contributed by atoms with van der Waals surface area (Å²) in [6.07, 6.45) is 0.607. The quantitative estimate of drug-likeness (QED) is 0.721. The molecule has 3 nitrogen and oxygen atoms in total. The summed E-state index contributed by atoms with van der Waals surface area (Å²) in [7, 11) is 0. The average molecular weight is 347 g/mol. The van der Waals surface area contributed by atoms with Gasteiger partial charge < -0.3 is 5.32 Å². The van der Waals surface area contributed by atoms with Crippen LogP contribution in [0.2, 0.25) is 5.02 Å². The van der Waals surface area contributed by atoms with E-state index in [2.05, 4.69) is 10.3 Å². The molecule has 0 unspecified atom stereocenters. The molecule has 0 fully saturated rings. The Kier molecular flexibility index (Phi) is 4.71. The second-order valence-corrected chi connectivity index (χ2v) is 5.76. The van der Waals surface area contributed by atoms with Crippen LogP contribution in [0.25, 0.3) is 10.8 Å². The van der Waals surface area contributed by atoms with Crippen molar-refractivity contribution in [2.75, 3.05) is 5.32 Å².